The Labute approximate surface area is 209 Å². The molecular weight excluding hydrogens is 486 g/mol. The summed E-state index contributed by atoms with van der Waals surface area (Å²) in [6.45, 7) is 5.42. The standard InChI is InChI=1S/C24H29N5O4S2/c1-24(2,3)29-35(32,33)21-10-16(17-11-25-14-26-12-17)6-9-19(21)20-13-27-22(34-20)15-4-7-18(8-5-15)28-23(30)31/h6,9-15,18,28-29H,4-5,7-8H2,1-3H3,(H,30,31). The van der Waals surface area contributed by atoms with E-state index in [4.69, 9.17) is 5.11 Å². The largest absolute Gasteiger partial charge is 0.465 e. The van der Waals surface area contributed by atoms with E-state index in [9.17, 15) is 13.2 Å². The van der Waals surface area contributed by atoms with E-state index in [-0.39, 0.29) is 16.9 Å². The summed E-state index contributed by atoms with van der Waals surface area (Å²) in [5, 5.41) is 12.5. The Morgan fingerprint density at radius 1 is 1.06 bits per heavy atom. The number of benzene rings is 1. The van der Waals surface area contributed by atoms with Gasteiger partial charge in [-0.25, -0.2) is 32.9 Å². The molecule has 0 atom stereocenters. The molecule has 2 heterocycles. The van der Waals surface area contributed by atoms with Crippen molar-refractivity contribution in [2.75, 3.05) is 0 Å². The van der Waals surface area contributed by atoms with Crippen LogP contribution in [0.5, 0.6) is 0 Å². The summed E-state index contributed by atoms with van der Waals surface area (Å²) >= 11 is 1.49. The highest BCUT2D eigenvalue weighted by molar-refractivity contribution is 7.89. The summed E-state index contributed by atoms with van der Waals surface area (Å²) in [6, 6.07) is 5.30. The molecule has 1 fully saturated rings. The second kappa shape index (κ2) is 10.00. The van der Waals surface area contributed by atoms with Gasteiger partial charge < -0.3 is 10.4 Å². The maximum absolute atomic E-state index is 13.4. The Morgan fingerprint density at radius 3 is 2.37 bits per heavy atom. The summed E-state index contributed by atoms with van der Waals surface area (Å²) in [7, 11) is -3.84. The van der Waals surface area contributed by atoms with Crippen LogP contribution in [0.15, 0.2) is 48.0 Å². The van der Waals surface area contributed by atoms with Gasteiger partial charge in [-0.1, -0.05) is 12.1 Å². The lowest BCUT2D eigenvalue weighted by atomic mass is 9.86. The molecule has 1 amide bonds. The number of aromatic nitrogens is 3. The number of nitrogens with zero attached hydrogens (tertiary/aromatic N) is 3. The minimum Gasteiger partial charge on any atom is -0.465 e. The molecule has 3 aromatic rings. The summed E-state index contributed by atoms with van der Waals surface area (Å²) in [5.41, 5.74) is 1.37. The fraction of sp³-hybridized carbons (Fsp3) is 0.417. The Hall–Kier alpha value is -2.89. The Morgan fingerprint density at radius 2 is 1.74 bits per heavy atom. The molecule has 9 nitrogen and oxygen atoms in total. The summed E-state index contributed by atoms with van der Waals surface area (Å²) in [6.07, 6.45) is 8.66. The van der Waals surface area contributed by atoms with Gasteiger partial charge in [0.05, 0.1) is 14.8 Å². The summed E-state index contributed by atoms with van der Waals surface area (Å²) < 4.78 is 29.7. The quantitative estimate of drug-likeness (QED) is 0.435. The lowest BCUT2D eigenvalue weighted by molar-refractivity contribution is 0.185. The number of amides is 1. The van der Waals surface area contributed by atoms with Gasteiger partial charge in [-0.2, -0.15) is 0 Å². The van der Waals surface area contributed by atoms with Crippen LogP contribution in [0.2, 0.25) is 0 Å². The van der Waals surface area contributed by atoms with Gasteiger partial charge in [-0.05, 0) is 58.1 Å². The zero-order chi connectivity index (χ0) is 25.2. The molecule has 11 heteroatoms. The van der Waals surface area contributed by atoms with E-state index in [1.165, 1.54) is 17.7 Å². The van der Waals surface area contributed by atoms with Crippen molar-refractivity contribution >= 4 is 27.5 Å². The van der Waals surface area contributed by atoms with Crippen LogP contribution in [0.4, 0.5) is 4.79 Å². The van der Waals surface area contributed by atoms with Crippen molar-refractivity contribution in [1.82, 2.24) is 25.0 Å². The summed E-state index contributed by atoms with van der Waals surface area (Å²) in [5.74, 6) is 0.231. The molecule has 0 saturated heterocycles. The van der Waals surface area contributed by atoms with Gasteiger partial charge in [-0.3, -0.25) is 0 Å². The van der Waals surface area contributed by atoms with Crippen molar-refractivity contribution in [3.8, 4) is 21.6 Å². The van der Waals surface area contributed by atoms with Gasteiger partial charge in [-0.15, -0.1) is 11.3 Å². The van der Waals surface area contributed by atoms with Crippen LogP contribution >= 0.6 is 11.3 Å². The molecule has 0 spiro atoms. The van der Waals surface area contributed by atoms with Gasteiger partial charge >= 0.3 is 6.09 Å². The van der Waals surface area contributed by atoms with E-state index in [1.807, 2.05) is 12.1 Å². The number of thiazole rings is 1. The average molecular weight is 516 g/mol. The smallest absolute Gasteiger partial charge is 0.404 e. The van der Waals surface area contributed by atoms with Crippen LogP contribution in [0.1, 0.15) is 57.4 Å². The lowest BCUT2D eigenvalue weighted by Crippen LogP contribution is -2.40. The van der Waals surface area contributed by atoms with Crippen molar-refractivity contribution in [2.45, 2.75) is 68.8 Å². The molecule has 0 unspecified atom stereocenters. The fourth-order valence-corrected chi connectivity index (χ4v) is 7.15. The van der Waals surface area contributed by atoms with E-state index >= 15 is 0 Å². The molecule has 1 aliphatic rings. The first-order valence-electron chi connectivity index (χ1n) is 11.4. The first-order valence-corrected chi connectivity index (χ1v) is 13.7. The zero-order valence-corrected chi connectivity index (χ0v) is 21.5. The number of hydrogen-bond donors (Lipinski definition) is 3. The number of hydrogen-bond acceptors (Lipinski definition) is 7. The van der Waals surface area contributed by atoms with E-state index in [0.29, 0.717) is 11.1 Å². The van der Waals surface area contributed by atoms with E-state index in [2.05, 4.69) is 25.0 Å². The highest BCUT2D eigenvalue weighted by atomic mass is 32.2. The molecule has 4 rings (SSSR count). The average Bonchev–Trinajstić information content (AvgIpc) is 3.28. The Bertz CT molecular complexity index is 1290. The lowest BCUT2D eigenvalue weighted by Gasteiger charge is -2.27. The molecule has 35 heavy (non-hydrogen) atoms. The highest BCUT2D eigenvalue weighted by Crippen LogP contribution is 2.40. The van der Waals surface area contributed by atoms with E-state index in [1.54, 1.807) is 45.4 Å². The Kier molecular flexibility index (Phi) is 7.20. The first-order chi connectivity index (χ1) is 16.5. The topological polar surface area (TPSA) is 134 Å². The van der Waals surface area contributed by atoms with Gasteiger partial charge in [0.1, 0.15) is 6.33 Å². The SMILES string of the molecule is CC(C)(C)NS(=O)(=O)c1cc(-c2cncnc2)ccc1-c1cnc(C2CCC(NC(=O)O)CC2)s1. The third-order valence-corrected chi connectivity index (χ3v) is 8.79. The van der Waals surface area contributed by atoms with Crippen LogP contribution in [0, 0.1) is 0 Å². The van der Waals surface area contributed by atoms with Crippen LogP contribution < -0.4 is 10.0 Å². The second-order valence-corrected chi connectivity index (χ2v) is 12.5. The zero-order valence-electron chi connectivity index (χ0n) is 19.9. The predicted molar refractivity (Wildman–Crippen MR) is 135 cm³/mol. The van der Waals surface area contributed by atoms with Crippen LogP contribution in [-0.4, -0.2) is 46.2 Å². The van der Waals surface area contributed by atoms with E-state index in [0.717, 1.165) is 41.1 Å². The molecule has 0 bridgehead atoms. The highest BCUT2D eigenvalue weighted by Gasteiger charge is 2.28. The molecule has 1 saturated carbocycles. The number of carboxylic acid groups (broad SMARTS) is 1. The monoisotopic (exact) mass is 515 g/mol. The van der Waals surface area contributed by atoms with Crippen LogP contribution in [0.3, 0.4) is 0 Å². The van der Waals surface area contributed by atoms with Gasteiger partial charge in [0.25, 0.3) is 0 Å². The number of carbonyl (C=O) groups is 1. The molecule has 3 N–H and O–H groups in total. The van der Waals surface area contributed by atoms with Crippen molar-refractivity contribution in [3.05, 3.63) is 48.1 Å². The van der Waals surface area contributed by atoms with Gasteiger partial charge in [0, 0.05) is 47.2 Å². The normalized spacial score (nSPS) is 18.8. The molecular formula is C24H29N5O4S2. The Balaban J connectivity index is 1.67. The maximum atomic E-state index is 13.4. The fourth-order valence-electron chi connectivity index (χ4n) is 4.29. The number of nitrogens with one attached hydrogen (secondary N) is 2. The molecule has 2 aromatic heterocycles. The van der Waals surface area contributed by atoms with E-state index < -0.39 is 21.7 Å². The molecule has 1 aliphatic carbocycles. The molecule has 0 aliphatic heterocycles. The van der Waals surface area contributed by atoms with Crippen molar-refractivity contribution < 1.29 is 18.3 Å². The molecule has 0 radical (unpaired) electrons. The van der Waals surface area contributed by atoms with Gasteiger partial charge in [0.15, 0.2) is 0 Å². The van der Waals surface area contributed by atoms with Crippen LogP contribution in [-0.2, 0) is 10.0 Å². The third kappa shape index (κ3) is 6.22. The maximum Gasteiger partial charge on any atom is 0.404 e. The summed E-state index contributed by atoms with van der Waals surface area (Å²) in [4.78, 5) is 24.6. The van der Waals surface area contributed by atoms with Crippen molar-refractivity contribution in [2.24, 2.45) is 0 Å². The number of sulfonamides is 1. The molecule has 186 valence electrons. The number of rotatable bonds is 6. The minimum atomic E-state index is -3.84. The van der Waals surface area contributed by atoms with Crippen molar-refractivity contribution in [3.63, 3.8) is 0 Å². The van der Waals surface area contributed by atoms with Crippen LogP contribution in [0.25, 0.3) is 21.6 Å². The van der Waals surface area contributed by atoms with Crippen molar-refractivity contribution in [1.29, 1.82) is 0 Å². The predicted octanol–water partition coefficient (Wildman–Crippen LogP) is 4.64. The van der Waals surface area contributed by atoms with Gasteiger partial charge in [0.2, 0.25) is 10.0 Å². The molecule has 1 aromatic carbocycles. The minimum absolute atomic E-state index is 0.0297. The third-order valence-electron chi connectivity index (χ3n) is 5.80. The first kappa shape index (κ1) is 25.2. The second-order valence-electron chi connectivity index (χ2n) is 9.75.